The number of terminal acetylenes is 1. The molecule has 0 heterocycles. The molecule has 0 spiro atoms. The van der Waals surface area contributed by atoms with Crippen LogP contribution in [0.25, 0.3) is 0 Å². The highest BCUT2D eigenvalue weighted by Crippen LogP contribution is 2.45. The Morgan fingerprint density at radius 2 is 1.49 bits per heavy atom. The Bertz CT molecular complexity index is 1820. The van der Waals surface area contributed by atoms with E-state index in [1.165, 1.54) is 32.9 Å². The molecule has 2 unspecified atom stereocenters. The van der Waals surface area contributed by atoms with E-state index in [9.17, 15) is 33.6 Å². The molecule has 15 nitrogen and oxygen atoms in total. The number of hydrogen-bond acceptors (Lipinski definition) is 12. The number of primary amides is 1. The maximum absolute atomic E-state index is 13.4. The van der Waals surface area contributed by atoms with Crippen molar-refractivity contribution in [2.45, 2.75) is 124 Å². The first kappa shape index (κ1) is 72.5. The third-order valence-electron chi connectivity index (χ3n) is 10.4. The number of hydrogen-bond donors (Lipinski definition) is 7. The fraction of sp³-hybridized carbons (Fsp3) is 0.673. The highest BCUT2D eigenvalue weighted by Gasteiger charge is 2.49. The van der Waals surface area contributed by atoms with Gasteiger partial charge in [-0.15, -0.1) is 6.42 Å². The van der Waals surface area contributed by atoms with Crippen molar-refractivity contribution < 1.29 is 38.3 Å². The molecule has 7 N–H and O–H groups in total. The Balaban J connectivity index is -0.00000161. The zero-order valence-corrected chi connectivity index (χ0v) is 49.8. The second kappa shape index (κ2) is 43.7. The van der Waals surface area contributed by atoms with Crippen LogP contribution in [0.5, 0.6) is 5.75 Å². The number of nitrogens with one attached hydrogen (secondary N) is 5. The molecule has 2 aliphatic rings. The minimum Gasteiger partial charge on any atom is -0.493 e. The van der Waals surface area contributed by atoms with Crippen molar-refractivity contribution in [1.82, 2.24) is 31.5 Å². The number of likely N-dealkylation sites (N-methyl/N-ethyl adjacent to an activating group) is 1. The van der Waals surface area contributed by atoms with Crippen molar-refractivity contribution in [3.05, 3.63) is 40.6 Å². The second-order valence-electron chi connectivity index (χ2n) is 17.6. The van der Waals surface area contributed by atoms with Crippen molar-refractivity contribution in [2.75, 3.05) is 77.1 Å². The van der Waals surface area contributed by atoms with Gasteiger partial charge in [0.2, 0.25) is 35.4 Å². The number of aryl methyl sites for hydroxylation is 1. The third-order valence-corrected chi connectivity index (χ3v) is 10.7. The minimum atomic E-state index is -1.09. The number of nitrogens with zero attached hydrogens (tertiary/aromatic N) is 1. The SMILES string of the molecule is C#CC1(C(=O)NC(CC)C(=O)N[C@@H](C)C(=O)N(C)/C(=C/CCCNC(=O)C(CCC)CCC(C)C)C(=O)NCC(=O)NCC(N)=O)CC1.CS.CSC.CSC.CSC.Cc1cc(Cl)ccc1OCC1CC1. The van der Waals surface area contributed by atoms with Gasteiger partial charge < -0.3 is 42.0 Å². The Labute approximate surface area is 456 Å². The van der Waals surface area contributed by atoms with Crippen LogP contribution in [0.4, 0.5) is 0 Å². The Morgan fingerprint density at radius 1 is 0.903 bits per heavy atom. The van der Waals surface area contributed by atoms with Crippen LogP contribution in [-0.2, 0) is 33.6 Å². The first-order chi connectivity index (χ1) is 34.1. The largest absolute Gasteiger partial charge is 0.493 e. The first-order valence-electron chi connectivity index (χ1n) is 24.3. The summed E-state index contributed by atoms with van der Waals surface area (Å²) in [4.78, 5) is 89.0. The quantitative estimate of drug-likeness (QED) is 0.0220. The van der Waals surface area contributed by atoms with Crippen molar-refractivity contribution >= 4 is 101 Å². The molecule has 0 aliphatic heterocycles. The summed E-state index contributed by atoms with van der Waals surface area (Å²) >= 11 is 14.6. The molecule has 2 saturated carbocycles. The molecule has 2 aliphatic carbocycles. The molecule has 0 aromatic heterocycles. The van der Waals surface area contributed by atoms with Gasteiger partial charge in [-0.2, -0.15) is 47.9 Å². The number of allylic oxidation sites excluding steroid dienone is 1. The van der Waals surface area contributed by atoms with Crippen LogP contribution in [0, 0.1) is 42.4 Å². The van der Waals surface area contributed by atoms with E-state index in [0.717, 1.165) is 59.4 Å². The second-order valence-corrected chi connectivity index (χ2v) is 20.5. The van der Waals surface area contributed by atoms with Gasteiger partial charge in [0.05, 0.1) is 19.7 Å². The molecule has 412 valence electrons. The van der Waals surface area contributed by atoms with E-state index < -0.39 is 66.0 Å². The van der Waals surface area contributed by atoms with Crippen LogP contribution in [0.3, 0.4) is 0 Å². The van der Waals surface area contributed by atoms with E-state index in [2.05, 4.69) is 59.0 Å². The lowest BCUT2D eigenvalue weighted by molar-refractivity contribution is -0.136. The summed E-state index contributed by atoms with van der Waals surface area (Å²) in [6.07, 6.45) is 29.2. The maximum atomic E-state index is 13.4. The molecule has 3 atom stereocenters. The smallest absolute Gasteiger partial charge is 0.268 e. The van der Waals surface area contributed by atoms with Gasteiger partial charge in [0.1, 0.15) is 28.9 Å². The van der Waals surface area contributed by atoms with Gasteiger partial charge in [-0.25, -0.2) is 0 Å². The molecule has 1 aromatic rings. The number of ether oxygens (including phenoxy) is 1. The van der Waals surface area contributed by atoms with Crippen LogP contribution >= 0.6 is 59.5 Å². The van der Waals surface area contributed by atoms with Crippen LogP contribution in [0.15, 0.2) is 30.0 Å². The lowest BCUT2D eigenvalue weighted by Gasteiger charge is -2.26. The van der Waals surface area contributed by atoms with Gasteiger partial charge in [-0.1, -0.05) is 64.1 Å². The highest BCUT2D eigenvalue weighted by molar-refractivity contribution is 7.98. The van der Waals surface area contributed by atoms with Crippen LogP contribution in [-0.4, -0.2) is 135 Å². The van der Waals surface area contributed by atoms with Crippen LogP contribution in [0.1, 0.15) is 111 Å². The molecule has 0 radical (unpaired) electrons. The van der Waals surface area contributed by atoms with E-state index >= 15 is 0 Å². The van der Waals surface area contributed by atoms with Gasteiger partial charge >= 0.3 is 0 Å². The molecule has 72 heavy (non-hydrogen) atoms. The van der Waals surface area contributed by atoms with E-state index in [-0.39, 0.29) is 23.9 Å². The number of thiol groups is 1. The third kappa shape index (κ3) is 33.9. The van der Waals surface area contributed by atoms with Gasteiger partial charge in [-0.3, -0.25) is 33.6 Å². The summed E-state index contributed by atoms with van der Waals surface area (Å²) in [6.45, 7) is 11.8. The van der Waals surface area contributed by atoms with Crippen molar-refractivity contribution in [2.24, 2.45) is 28.9 Å². The first-order valence-corrected chi connectivity index (χ1v) is 30.5. The lowest BCUT2D eigenvalue weighted by Crippen LogP contribution is -2.54. The summed E-state index contributed by atoms with van der Waals surface area (Å²) in [7, 11) is 1.36. The molecule has 3 rings (SSSR count). The number of thioether (sulfide) groups is 3. The summed E-state index contributed by atoms with van der Waals surface area (Å²) in [5, 5.41) is 13.7. The number of amides is 7. The maximum Gasteiger partial charge on any atom is 0.268 e. The van der Waals surface area contributed by atoms with Gasteiger partial charge in [-0.05, 0) is 151 Å². The zero-order chi connectivity index (χ0) is 55.8. The zero-order valence-electron chi connectivity index (χ0n) is 45.7. The fourth-order valence-corrected chi connectivity index (χ4v) is 6.36. The van der Waals surface area contributed by atoms with E-state index in [0.29, 0.717) is 38.1 Å². The van der Waals surface area contributed by atoms with E-state index in [4.69, 9.17) is 28.5 Å². The Morgan fingerprint density at radius 3 is 1.96 bits per heavy atom. The minimum absolute atomic E-state index is 0.00792. The van der Waals surface area contributed by atoms with Crippen molar-refractivity contribution in [1.29, 1.82) is 0 Å². The standard InChI is InChI=1S/C34H55N7O7.C11H13ClO.3C2H6S.CH4S/c1-8-13-24(16-15-22(4)5)29(44)36-19-12-11-14-26(31(46)38-21-28(43)37-20-27(35)42)41(7)32(47)23(6)39-30(45)25(9-2)40-33(48)34(10-3)17-18-34;1-8-6-10(12)4-5-11(8)13-7-9-2-3-9;3*1-3-2;1-2/h3,14,22-25H,8-9,11-13,15-21H2,1-2,4-7H3,(H2,35,42)(H,36,44)(H,37,43)(H,38,46)(H,39,45)(H,40,48);4-6,9H,2-3,7H2,1H3;3*1-2H3;2H,1H3/b26-14+;;;;;/t23-,24?,25?;;;;;/m0...../s1. The fourth-order valence-electron chi connectivity index (χ4n) is 6.13. The average Bonchev–Trinajstić information content (AvgIpc) is 4.29. The van der Waals surface area contributed by atoms with Crippen LogP contribution < -0.4 is 37.1 Å². The predicted molar refractivity (Wildman–Crippen MR) is 309 cm³/mol. The number of halogens is 1. The molecule has 1 aromatic carbocycles. The molecular formula is C52H90ClN7O8S4. The van der Waals surface area contributed by atoms with Crippen LogP contribution in [0.2, 0.25) is 5.02 Å². The summed E-state index contributed by atoms with van der Waals surface area (Å²) in [6, 6.07) is 3.74. The summed E-state index contributed by atoms with van der Waals surface area (Å²) in [5.41, 5.74) is 5.18. The number of unbranched alkanes of at least 4 members (excludes halogenated alkanes) is 1. The molecule has 20 heteroatoms. The van der Waals surface area contributed by atoms with E-state index in [1.807, 2.05) is 69.6 Å². The lowest BCUT2D eigenvalue weighted by atomic mass is 9.93. The monoisotopic (exact) mass is 1100 g/mol. The van der Waals surface area contributed by atoms with Gasteiger partial charge in [0.15, 0.2) is 0 Å². The number of rotatable bonds is 25. The highest BCUT2D eigenvalue weighted by atomic mass is 35.5. The van der Waals surface area contributed by atoms with E-state index in [1.54, 1.807) is 48.5 Å². The number of carbonyl (C=O) groups is 7. The van der Waals surface area contributed by atoms with Gasteiger partial charge in [0, 0.05) is 24.5 Å². The Kier molecular flexibility index (Phi) is 44.0. The Hall–Kier alpha value is -3.70. The number of benzene rings is 1. The molecule has 2 fully saturated rings. The predicted octanol–water partition coefficient (Wildman–Crippen LogP) is 7.53. The topological polar surface area (TPSA) is 218 Å². The summed E-state index contributed by atoms with van der Waals surface area (Å²) in [5.74, 6) is 0.891. The van der Waals surface area contributed by atoms with Crippen molar-refractivity contribution in [3.63, 3.8) is 0 Å². The summed E-state index contributed by atoms with van der Waals surface area (Å²) < 4.78 is 5.66. The molecule has 0 bridgehead atoms. The molecule has 0 saturated heterocycles. The number of carbonyl (C=O) groups excluding carboxylic acids is 7. The molecular weight excluding hydrogens is 1010 g/mol. The number of nitrogens with two attached hydrogens (primary N) is 1. The molecule has 7 amide bonds. The van der Waals surface area contributed by atoms with Gasteiger partial charge in [0.25, 0.3) is 5.91 Å². The average molecular weight is 1110 g/mol. The normalized spacial score (nSPS) is 13.8. The van der Waals surface area contributed by atoms with Crippen molar-refractivity contribution in [3.8, 4) is 18.1 Å².